The molecule has 2 rings (SSSR count). The monoisotopic (exact) mass is 250 g/mol. The van der Waals surface area contributed by atoms with Crippen LogP contribution in [-0.2, 0) is 0 Å². The summed E-state index contributed by atoms with van der Waals surface area (Å²) in [5.74, 6) is 0. The van der Waals surface area contributed by atoms with E-state index in [9.17, 15) is 5.11 Å². The van der Waals surface area contributed by atoms with Gasteiger partial charge in [0.15, 0.2) is 0 Å². The van der Waals surface area contributed by atoms with Crippen molar-refractivity contribution >= 4 is 17.3 Å². The Labute approximate surface area is 106 Å². The lowest BCUT2D eigenvalue weighted by molar-refractivity contribution is 0.126. The fourth-order valence-electron chi connectivity index (χ4n) is 2.14. The van der Waals surface area contributed by atoms with Crippen molar-refractivity contribution in [2.24, 2.45) is 0 Å². The van der Waals surface area contributed by atoms with Crippen molar-refractivity contribution in [1.82, 2.24) is 0 Å². The summed E-state index contributed by atoms with van der Waals surface area (Å²) in [5.41, 5.74) is 1.44. The Hall–Kier alpha value is -1.24. The smallest absolute Gasteiger partial charge is 0.0992 e. The number of anilines is 1. The second-order valence-electron chi connectivity index (χ2n) is 4.46. The van der Waals surface area contributed by atoms with E-state index in [4.69, 9.17) is 16.9 Å². The lowest BCUT2D eigenvalue weighted by Gasteiger charge is -2.27. The van der Waals surface area contributed by atoms with Gasteiger partial charge in [-0.1, -0.05) is 11.6 Å². The van der Waals surface area contributed by atoms with Gasteiger partial charge in [0, 0.05) is 6.04 Å². The lowest BCUT2D eigenvalue weighted by Crippen LogP contribution is -2.28. The van der Waals surface area contributed by atoms with E-state index >= 15 is 0 Å². The molecule has 1 aromatic carbocycles. The SMILES string of the molecule is N#Cc1ccc(NC2CCC(O)CC2)c(Cl)c1. The van der Waals surface area contributed by atoms with Crippen molar-refractivity contribution in [3.05, 3.63) is 28.8 Å². The second-order valence-corrected chi connectivity index (χ2v) is 4.86. The highest BCUT2D eigenvalue weighted by atomic mass is 35.5. The van der Waals surface area contributed by atoms with Gasteiger partial charge in [-0.05, 0) is 43.9 Å². The highest BCUT2D eigenvalue weighted by Gasteiger charge is 2.19. The second kappa shape index (κ2) is 5.39. The molecule has 1 fully saturated rings. The van der Waals surface area contributed by atoms with E-state index in [1.807, 2.05) is 6.07 Å². The van der Waals surface area contributed by atoms with E-state index in [0.29, 0.717) is 16.6 Å². The minimum Gasteiger partial charge on any atom is -0.393 e. The predicted octanol–water partition coefficient (Wildman–Crippen LogP) is 2.93. The maximum atomic E-state index is 9.43. The van der Waals surface area contributed by atoms with Crippen molar-refractivity contribution < 1.29 is 5.11 Å². The van der Waals surface area contributed by atoms with Crippen LogP contribution in [0.5, 0.6) is 0 Å². The maximum absolute atomic E-state index is 9.43. The van der Waals surface area contributed by atoms with Gasteiger partial charge in [0.2, 0.25) is 0 Å². The average Bonchev–Trinajstić information content (AvgIpc) is 2.34. The zero-order chi connectivity index (χ0) is 12.3. The number of aliphatic hydroxyl groups excluding tert-OH is 1. The van der Waals surface area contributed by atoms with Crippen LogP contribution in [0.2, 0.25) is 5.02 Å². The number of nitriles is 1. The standard InChI is InChI=1S/C13H15ClN2O/c14-12-7-9(8-15)1-6-13(12)16-10-2-4-11(17)5-3-10/h1,6-7,10-11,16-17H,2-5H2. The Kier molecular flexibility index (Phi) is 3.88. The molecule has 0 unspecified atom stereocenters. The van der Waals surface area contributed by atoms with E-state index in [1.165, 1.54) is 0 Å². The minimum atomic E-state index is -0.149. The molecule has 1 saturated carbocycles. The molecule has 4 heteroatoms. The van der Waals surface area contributed by atoms with Gasteiger partial charge in [-0.2, -0.15) is 5.26 Å². The molecule has 0 heterocycles. The third-order valence-corrected chi connectivity index (χ3v) is 3.47. The summed E-state index contributed by atoms with van der Waals surface area (Å²) in [6.45, 7) is 0. The fraction of sp³-hybridized carbons (Fsp3) is 0.462. The fourth-order valence-corrected chi connectivity index (χ4v) is 2.38. The van der Waals surface area contributed by atoms with Gasteiger partial charge in [0.1, 0.15) is 0 Å². The summed E-state index contributed by atoms with van der Waals surface area (Å²) in [5, 5.41) is 22.1. The summed E-state index contributed by atoms with van der Waals surface area (Å²) < 4.78 is 0. The van der Waals surface area contributed by atoms with Crippen molar-refractivity contribution in [2.75, 3.05) is 5.32 Å². The molecule has 0 saturated heterocycles. The third-order valence-electron chi connectivity index (χ3n) is 3.15. The molecule has 3 nitrogen and oxygen atoms in total. The molecule has 0 aliphatic heterocycles. The van der Waals surface area contributed by atoms with E-state index in [-0.39, 0.29) is 6.10 Å². The van der Waals surface area contributed by atoms with Crippen LogP contribution < -0.4 is 5.32 Å². The van der Waals surface area contributed by atoms with Crippen molar-refractivity contribution in [2.45, 2.75) is 37.8 Å². The molecular weight excluding hydrogens is 236 g/mol. The minimum absolute atomic E-state index is 0.149. The first kappa shape index (κ1) is 12.2. The zero-order valence-corrected chi connectivity index (χ0v) is 10.2. The van der Waals surface area contributed by atoms with Crippen LogP contribution in [0.4, 0.5) is 5.69 Å². The molecule has 2 N–H and O–H groups in total. The number of halogens is 1. The van der Waals surface area contributed by atoms with Crippen LogP contribution >= 0.6 is 11.6 Å². The molecule has 1 aliphatic carbocycles. The van der Waals surface area contributed by atoms with Gasteiger partial charge < -0.3 is 10.4 Å². The Morgan fingerprint density at radius 1 is 1.29 bits per heavy atom. The summed E-state index contributed by atoms with van der Waals surface area (Å²) in [6, 6.07) is 7.69. The number of nitrogens with one attached hydrogen (secondary N) is 1. The van der Waals surface area contributed by atoms with Gasteiger partial charge in [0.05, 0.1) is 28.4 Å². The normalized spacial score (nSPS) is 24.1. The first-order valence-corrected chi connectivity index (χ1v) is 6.21. The molecule has 1 aliphatic rings. The van der Waals surface area contributed by atoms with Gasteiger partial charge in [0.25, 0.3) is 0 Å². The molecule has 0 bridgehead atoms. The molecule has 0 spiro atoms. The molecule has 0 atom stereocenters. The number of benzene rings is 1. The topological polar surface area (TPSA) is 56.0 Å². The van der Waals surface area contributed by atoms with Gasteiger partial charge >= 0.3 is 0 Å². The van der Waals surface area contributed by atoms with E-state index in [1.54, 1.807) is 12.1 Å². The highest BCUT2D eigenvalue weighted by Crippen LogP contribution is 2.27. The van der Waals surface area contributed by atoms with E-state index in [0.717, 1.165) is 31.4 Å². The molecular formula is C13H15ClN2O. The molecule has 0 amide bonds. The summed E-state index contributed by atoms with van der Waals surface area (Å²) in [4.78, 5) is 0. The number of hydrogen-bond donors (Lipinski definition) is 2. The van der Waals surface area contributed by atoms with E-state index < -0.39 is 0 Å². The quantitative estimate of drug-likeness (QED) is 0.849. The number of aliphatic hydroxyl groups is 1. The molecule has 0 radical (unpaired) electrons. The van der Waals surface area contributed by atoms with Crippen molar-refractivity contribution in [3.63, 3.8) is 0 Å². The van der Waals surface area contributed by atoms with Gasteiger partial charge in [-0.25, -0.2) is 0 Å². The summed E-state index contributed by atoms with van der Waals surface area (Å²) in [6.07, 6.45) is 3.44. The molecule has 1 aromatic rings. The first-order chi connectivity index (χ1) is 8.19. The highest BCUT2D eigenvalue weighted by molar-refractivity contribution is 6.33. The summed E-state index contributed by atoms with van der Waals surface area (Å²) in [7, 11) is 0. The summed E-state index contributed by atoms with van der Waals surface area (Å²) >= 11 is 6.09. The van der Waals surface area contributed by atoms with Crippen LogP contribution in [0, 0.1) is 11.3 Å². The van der Waals surface area contributed by atoms with Gasteiger partial charge in [-0.3, -0.25) is 0 Å². The predicted molar refractivity (Wildman–Crippen MR) is 68.1 cm³/mol. The molecule has 17 heavy (non-hydrogen) atoms. The van der Waals surface area contributed by atoms with Gasteiger partial charge in [-0.15, -0.1) is 0 Å². The number of rotatable bonds is 2. The molecule has 0 aromatic heterocycles. The Balaban J connectivity index is 2.02. The lowest BCUT2D eigenvalue weighted by atomic mass is 9.93. The van der Waals surface area contributed by atoms with Crippen molar-refractivity contribution in [3.8, 4) is 6.07 Å². The first-order valence-electron chi connectivity index (χ1n) is 5.83. The zero-order valence-electron chi connectivity index (χ0n) is 9.49. The number of nitrogens with zero attached hydrogens (tertiary/aromatic N) is 1. The Bertz CT molecular complexity index is 434. The van der Waals surface area contributed by atoms with Crippen LogP contribution in [0.15, 0.2) is 18.2 Å². The third kappa shape index (κ3) is 3.12. The largest absolute Gasteiger partial charge is 0.393 e. The Morgan fingerprint density at radius 3 is 2.59 bits per heavy atom. The van der Waals surface area contributed by atoms with Crippen LogP contribution in [0.3, 0.4) is 0 Å². The molecule has 90 valence electrons. The van der Waals surface area contributed by atoms with Crippen LogP contribution in [0.1, 0.15) is 31.2 Å². The van der Waals surface area contributed by atoms with E-state index in [2.05, 4.69) is 11.4 Å². The van der Waals surface area contributed by atoms with Crippen LogP contribution in [-0.4, -0.2) is 17.3 Å². The van der Waals surface area contributed by atoms with Crippen molar-refractivity contribution in [1.29, 1.82) is 5.26 Å². The number of hydrogen-bond acceptors (Lipinski definition) is 3. The average molecular weight is 251 g/mol. The van der Waals surface area contributed by atoms with Crippen LogP contribution in [0.25, 0.3) is 0 Å². The maximum Gasteiger partial charge on any atom is 0.0992 e. The Morgan fingerprint density at radius 2 is 2.00 bits per heavy atom.